The third kappa shape index (κ3) is 8.40. The standard InChI is InChI=1S/4C8H15N.C6H11N/c1-9-5-7-3-2-4-8(7)6-9;3*1-9-6-7-4-2-3-5-8(7)9;1-7-3-5-2-6(5)4-7/h4*7-8H,2-6H2,1H3;5-6H,2-4H2,1H3. The molecule has 10 rings (SSSR count). The van der Waals surface area contributed by atoms with Gasteiger partial charge in [0.1, 0.15) is 0 Å². The molecule has 10 atom stereocenters. The molecular formula is C38H71N5. The van der Waals surface area contributed by atoms with Crippen molar-refractivity contribution in [3.8, 4) is 0 Å². The monoisotopic (exact) mass is 598 g/mol. The molecule has 10 unspecified atom stereocenters. The molecule has 10 aliphatic rings. The molecule has 0 aromatic heterocycles. The second kappa shape index (κ2) is 15.1. The van der Waals surface area contributed by atoms with E-state index in [2.05, 4.69) is 59.7 Å². The van der Waals surface area contributed by atoms with E-state index in [1.165, 1.54) is 149 Å². The lowest BCUT2D eigenvalue weighted by Crippen LogP contribution is -2.54. The van der Waals surface area contributed by atoms with E-state index in [0.29, 0.717) is 0 Å². The van der Waals surface area contributed by atoms with Gasteiger partial charge in [0.2, 0.25) is 0 Å². The quantitative estimate of drug-likeness (QED) is 0.321. The zero-order valence-corrected chi connectivity index (χ0v) is 29.3. The first-order valence-corrected chi connectivity index (χ1v) is 19.3. The highest BCUT2D eigenvalue weighted by Gasteiger charge is 2.43. The predicted molar refractivity (Wildman–Crippen MR) is 183 cm³/mol. The van der Waals surface area contributed by atoms with Crippen LogP contribution in [-0.2, 0) is 0 Å². The Balaban J connectivity index is 0.0000000959. The van der Waals surface area contributed by atoms with Gasteiger partial charge in [-0.2, -0.15) is 0 Å². The van der Waals surface area contributed by atoms with E-state index in [1.54, 1.807) is 0 Å². The summed E-state index contributed by atoms with van der Waals surface area (Å²) in [7, 11) is 11.2. The molecule has 5 nitrogen and oxygen atoms in total. The van der Waals surface area contributed by atoms with Crippen LogP contribution in [0.1, 0.15) is 103 Å². The molecule has 0 aromatic rings. The molecule has 248 valence electrons. The lowest BCUT2D eigenvalue weighted by Gasteiger charge is -2.49. The van der Waals surface area contributed by atoms with Gasteiger partial charge in [0, 0.05) is 63.9 Å². The van der Waals surface area contributed by atoms with Crippen LogP contribution in [-0.4, -0.2) is 124 Å². The second-order valence-corrected chi connectivity index (χ2v) is 17.3. The van der Waals surface area contributed by atoms with Crippen LogP contribution in [0.15, 0.2) is 0 Å². The molecule has 0 spiro atoms. The van der Waals surface area contributed by atoms with E-state index in [1.807, 2.05) is 0 Å². The molecule has 5 heterocycles. The van der Waals surface area contributed by atoms with Gasteiger partial charge in [-0.1, -0.05) is 44.9 Å². The maximum absolute atomic E-state index is 2.50. The number of hydrogen-bond acceptors (Lipinski definition) is 5. The van der Waals surface area contributed by atoms with Crippen molar-refractivity contribution in [3.63, 3.8) is 0 Å². The molecule has 5 aliphatic heterocycles. The third-order valence-electron chi connectivity index (χ3n) is 13.9. The first kappa shape index (κ1) is 32.7. The molecule has 43 heavy (non-hydrogen) atoms. The molecule has 10 fully saturated rings. The fourth-order valence-electron chi connectivity index (χ4n) is 11.1. The highest BCUT2D eigenvalue weighted by atomic mass is 15.2. The summed E-state index contributed by atoms with van der Waals surface area (Å²) in [5.41, 5.74) is 0. The molecule has 0 N–H and O–H groups in total. The van der Waals surface area contributed by atoms with Gasteiger partial charge in [0.25, 0.3) is 0 Å². The Morgan fingerprint density at radius 1 is 0.302 bits per heavy atom. The number of fused-ring (bicyclic) bond motifs is 5. The summed E-state index contributed by atoms with van der Waals surface area (Å²) < 4.78 is 0. The Morgan fingerprint density at radius 2 is 0.605 bits per heavy atom. The summed E-state index contributed by atoms with van der Waals surface area (Å²) in [6.07, 6.45) is 23.9. The highest BCUT2D eigenvalue weighted by Crippen LogP contribution is 2.44. The number of likely N-dealkylation sites (tertiary alicyclic amines) is 5. The molecule has 5 heteroatoms. The minimum absolute atomic E-state index is 0.985. The fourth-order valence-corrected chi connectivity index (χ4v) is 11.1. The van der Waals surface area contributed by atoms with Crippen LogP contribution in [0.2, 0.25) is 0 Å². The van der Waals surface area contributed by atoms with E-state index in [-0.39, 0.29) is 0 Å². The van der Waals surface area contributed by atoms with Crippen LogP contribution in [0.4, 0.5) is 0 Å². The zero-order chi connectivity index (χ0) is 29.9. The summed E-state index contributed by atoms with van der Waals surface area (Å²) in [6, 6.07) is 2.95. The molecular weight excluding hydrogens is 526 g/mol. The summed E-state index contributed by atoms with van der Waals surface area (Å²) in [6.45, 7) is 9.66. The zero-order valence-electron chi connectivity index (χ0n) is 29.3. The number of rotatable bonds is 0. The average Bonchev–Trinajstić information content (AvgIpc) is 3.25. The Bertz CT molecular complexity index is 756. The van der Waals surface area contributed by atoms with Crippen molar-refractivity contribution in [2.45, 2.75) is 121 Å². The van der Waals surface area contributed by atoms with E-state index in [4.69, 9.17) is 0 Å². The summed E-state index contributed by atoms with van der Waals surface area (Å²) in [5, 5.41) is 0. The molecule has 0 aromatic carbocycles. The van der Waals surface area contributed by atoms with Crippen molar-refractivity contribution in [3.05, 3.63) is 0 Å². The predicted octanol–water partition coefficient (Wildman–Crippen LogP) is 6.39. The van der Waals surface area contributed by atoms with Gasteiger partial charge in [-0.3, -0.25) is 0 Å². The number of nitrogens with zero attached hydrogens (tertiary/aromatic N) is 5. The average molecular weight is 598 g/mol. The third-order valence-corrected chi connectivity index (χ3v) is 13.9. The van der Waals surface area contributed by atoms with Crippen molar-refractivity contribution in [2.75, 3.05) is 81.1 Å². The van der Waals surface area contributed by atoms with Gasteiger partial charge in [0.05, 0.1) is 0 Å². The molecule has 0 radical (unpaired) electrons. The van der Waals surface area contributed by atoms with Gasteiger partial charge in [0.15, 0.2) is 0 Å². The Morgan fingerprint density at radius 3 is 0.860 bits per heavy atom. The van der Waals surface area contributed by atoms with E-state index >= 15 is 0 Å². The number of hydrogen-bond donors (Lipinski definition) is 0. The van der Waals surface area contributed by atoms with Crippen molar-refractivity contribution in [1.82, 2.24) is 24.5 Å². The van der Waals surface area contributed by atoms with Crippen molar-refractivity contribution >= 4 is 0 Å². The van der Waals surface area contributed by atoms with Gasteiger partial charge in [-0.05, 0) is 134 Å². The maximum atomic E-state index is 2.50. The minimum Gasteiger partial charge on any atom is -0.306 e. The first-order valence-electron chi connectivity index (χ1n) is 19.3. The van der Waals surface area contributed by atoms with E-state index in [0.717, 1.165) is 59.6 Å². The Kier molecular flexibility index (Phi) is 11.5. The second-order valence-electron chi connectivity index (χ2n) is 17.3. The van der Waals surface area contributed by atoms with Crippen LogP contribution in [0.25, 0.3) is 0 Å². The lowest BCUT2D eigenvalue weighted by atomic mass is 9.77. The lowest BCUT2D eigenvalue weighted by molar-refractivity contribution is 0.00885. The van der Waals surface area contributed by atoms with Crippen LogP contribution in [0, 0.1) is 41.4 Å². The topological polar surface area (TPSA) is 16.2 Å². The normalized spacial score (nSPS) is 44.6. The van der Waals surface area contributed by atoms with Crippen molar-refractivity contribution in [1.29, 1.82) is 0 Å². The van der Waals surface area contributed by atoms with Crippen molar-refractivity contribution in [2.24, 2.45) is 41.4 Å². The largest absolute Gasteiger partial charge is 0.306 e. The Hall–Kier alpha value is -0.200. The Labute approximate surface area is 267 Å². The molecule has 5 saturated heterocycles. The first-order chi connectivity index (χ1) is 20.9. The minimum atomic E-state index is 0.985. The molecule has 5 saturated carbocycles. The van der Waals surface area contributed by atoms with Crippen LogP contribution >= 0.6 is 0 Å². The molecule has 5 aliphatic carbocycles. The maximum Gasteiger partial charge on any atom is 0.0133 e. The smallest absolute Gasteiger partial charge is 0.0133 e. The van der Waals surface area contributed by atoms with Gasteiger partial charge in [-0.25, -0.2) is 0 Å². The highest BCUT2D eigenvalue weighted by molar-refractivity contribution is 4.96. The summed E-state index contributed by atoms with van der Waals surface area (Å²) >= 11 is 0. The van der Waals surface area contributed by atoms with E-state index in [9.17, 15) is 0 Å². The molecule has 0 bridgehead atoms. The summed E-state index contributed by atoms with van der Waals surface area (Å²) in [5.74, 6) is 7.65. The SMILES string of the molecule is CN1CC2CC2C1.CN1CC2CCCC2C1.CN1CC2CCCCC21.CN1CC2CCCCC21.CN1CC2CCCCC21. The van der Waals surface area contributed by atoms with Gasteiger partial charge in [-0.15, -0.1) is 0 Å². The number of piperidine rings is 1. The molecule has 0 amide bonds. The van der Waals surface area contributed by atoms with Crippen molar-refractivity contribution < 1.29 is 0 Å². The fraction of sp³-hybridized carbons (Fsp3) is 1.00. The van der Waals surface area contributed by atoms with Crippen LogP contribution < -0.4 is 0 Å². The van der Waals surface area contributed by atoms with Crippen LogP contribution in [0.3, 0.4) is 0 Å². The van der Waals surface area contributed by atoms with Gasteiger partial charge < -0.3 is 24.5 Å². The van der Waals surface area contributed by atoms with Gasteiger partial charge >= 0.3 is 0 Å². The summed E-state index contributed by atoms with van der Waals surface area (Å²) in [4.78, 5) is 12.4. The van der Waals surface area contributed by atoms with Crippen LogP contribution in [0.5, 0.6) is 0 Å². The van der Waals surface area contributed by atoms with E-state index < -0.39 is 0 Å².